The molecule has 16 heavy (non-hydrogen) atoms. The second-order valence-corrected chi connectivity index (χ2v) is 3.63. The van der Waals surface area contributed by atoms with E-state index in [1.54, 1.807) is 17.8 Å². The van der Waals surface area contributed by atoms with E-state index in [4.69, 9.17) is 4.74 Å². The Balaban J connectivity index is 2.99. The number of nitrogens with zero attached hydrogens (tertiary/aromatic N) is 1. The molecule has 0 atom stereocenters. The number of rotatable bonds is 4. The second-order valence-electron chi connectivity index (χ2n) is 3.63. The zero-order chi connectivity index (χ0) is 12.1. The van der Waals surface area contributed by atoms with Gasteiger partial charge < -0.3 is 10.2 Å². The predicted octanol–water partition coefficient (Wildman–Crippen LogP) is 0.977. The van der Waals surface area contributed by atoms with Crippen molar-refractivity contribution in [2.45, 2.75) is 26.8 Å². The normalized spacial score (nSPS) is 10.2. The van der Waals surface area contributed by atoms with Gasteiger partial charge in [0, 0.05) is 24.5 Å². The van der Waals surface area contributed by atoms with E-state index in [0.717, 1.165) is 0 Å². The Kier molecular flexibility index (Phi) is 4.10. The van der Waals surface area contributed by atoms with Crippen LogP contribution in [0.4, 0.5) is 0 Å². The summed E-state index contributed by atoms with van der Waals surface area (Å²) in [6.45, 7) is 5.88. The van der Waals surface area contributed by atoms with Crippen molar-refractivity contribution >= 4 is 5.97 Å². The van der Waals surface area contributed by atoms with E-state index in [-0.39, 0.29) is 23.6 Å². The molecular formula is C11H16N2O3. The van der Waals surface area contributed by atoms with Crippen molar-refractivity contribution in [2.24, 2.45) is 0 Å². The third kappa shape index (κ3) is 3.12. The van der Waals surface area contributed by atoms with Gasteiger partial charge in [0.15, 0.2) is 5.43 Å². The van der Waals surface area contributed by atoms with Crippen molar-refractivity contribution in [3.8, 4) is 0 Å². The summed E-state index contributed by atoms with van der Waals surface area (Å²) in [7, 11) is 0. The van der Waals surface area contributed by atoms with Crippen molar-refractivity contribution in [3.05, 3.63) is 34.2 Å². The number of aromatic nitrogens is 1. The van der Waals surface area contributed by atoms with Gasteiger partial charge in [-0.15, -0.1) is 0 Å². The van der Waals surface area contributed by atoms with Crippen molar-refractivity contribution in [1.29, 1.82) is 0 Å². The van der Waals surface area contributed by atoms with Gasteiger partial charge in [-0.2, -0.15) is 0 Å². The lowest BCUT2D eigenvalue weighted by atomic mass is 10.3. The Labute approximate surface area is 94.0 Å². The molecule has 1 N–H and O–H groups in total. The monoisotopic (exact) mass is 224 g/mol. The van der Waals surface area contributed by atoms with Crippen molar-refractivity contribution in [2.75, 3.05) is 12.0 Å². The van der Waals surface area contributed by atoms with Crippen LogP contribution >= 0.6 is 0 Å². The minimum Gasteiger partial charge on any atom is -0.462 e. The van der Waals surface area contributed by atoms with Crippen LogP contribution in [0.15, 0.2) is 23.3 Å². The van der Waals surface area contributed by atoms with Crippen molar-refractivity contribution in [1.82, 2.24) is 4.68 Å². The van der Waals surface area contributed by atoms with Crippen LogP contribution in [-0.2, 0) is 4.74 Å². The Hall–Kier alpha value is -1.78. The molecule has 0 aromatic carbocycles. The molecule has 0 unspecified atom stereocenters. The molecule has 1 rings (SSSR count). The number of nitrogens with one attached hydrogen (secondary N) is 1. The van der Waals surface area contributed by atoms with E-state index in [2.05, 4.69) is 5.43 Å². The highest BCUT2D eigenvalue weighted by atomic mass is 16.5. The van der Waals surface area contributed by atoms with Crippen molar-refractivity contribution in [3.63, 3.8) is 0 Å². The van der Waals surface area contributed by atoms with Gasteiger partial charge in [0.25, 0.3) is 0 Å². The maximum Gasteiger partial charge on any atom is 0.343 e. The molecule has 5 nitrogen and oxygen atoms in total. The Morgan fingerprint density at radius 3 is 2.81 bits per heavy atom. The third-order valence-corrected chi connectivity index (χ3v) is 1.82. The third-order valence-electron chi connectivity index (χ3n) is 1.82. The smallest absolute Gasteiger partial charge is 0.343 e. The van der Waals surface area contributed by atoms with Crippen LogP contribution in [-0.4, -0.2) is 23.3 Å². The number of esters is 1. The Morgan fingerprint density at radius 2 is 2.25 bits per heavy atom. The lowest BCUT2D eigenvalue weighted by Gasteiger charge is -2.13. The molecule has 0 bridgehead atoms. The minimum atomic E-state index is -0.590. The first-order valence-electron chi connectivity index (χ1n) is 5.20. The van der Waals surface area contributed by atoms with Gasteiger partial charge in [-0.05, 0) is 20.8 Å². The van der Waals surface area contributed by atoms with E-state index in [1.165, 1.54) is 12.3 Å². The molecule has 0 amide bonds. The highest BCUT2D eigenvalue weighted by Gasteiger charge is 2.11. The fourth-order valence-electron chi connectivity index (χ4n) is 1.22. The molecule has 1 aromatic rings. The summed E-state index contributed by atoms with van der Waals surface area (Å²) in [5, 5.41) is 0. The predicted molar refractivity (Wildman–Crippen MR) is 61.2 cm³/mol. The molecule has 0 aliphatic heterocycles. The number of ether oxygens (including phenoxy) is 1. The summed E-state index contributed by atoms with van der Waals surface area (Å²) in [6, 6.07) is 1.54. The van der Waals surface area contributed by atoms with Crippen LogP contribution in [0.1, 0.15) is 31.1 Å². The molecule has 0 aliphatic rings. The van der Waals surface area contributed by atoms with Gasteiger partial charge in [-0.1, -0.05) is 0 Å². The average molecular weight is 224 g/mol. The maximum absolute atomic E-state index is 11.4. The first-order chi connectivity index (χ1) is 7.54. The molecule has 5 heteroatoms. The number of hydrogen-bond acceptors (Lipinski definition) is 4. The lowest BCUT2D eigenvalue weighted by Crippen LogP contribution is -2.26. The molecule has 0 radical (unpaired) electrons. The van der Waals surface area contributed by atoms with Gasteiger partial charge in [-0.25, -0.2) is 4.79 Å². The van der Waals surface area contributed by atoms with E-state index in [0.29, 0.717) is 0 Å². The van der Waals surface area contributed by atoms with Gasteiger partial charge in [0.05, 0.1) is 6.61 Å². The molecular weight excluding hydrogens is 208 g/mol. The van der Waals surface area contributed by atoms with Crippen LogP contribution < -0.4 is 10.9 Å². The minimum absolute atomic E-state index is 0.0394. The Morgan fingerprint density at radius 1 is 1.56 bits per heavy atom. The first-order valence-corrected chi connectivity index (χ1v) is 5.20. The fourth-order valence-corrected chi connectivity index (χ4v) is 1.22. The molecule has 0 aliphatic carbocycles. The molecule has 0 saturated heterocycles. The number of pyridine rings is 1. The highest BCUT2D eigenvalue weighted by molar-refractivity contribution is 5.88. The number of carbonyl (C=O) groups is 1. The van der Waals surface area contributed by atoms with E-state index >= 15 is 0 Å². The Bertz CT molecular complexity index is 423. The van der Waals surface area contributed by atoms with E-state index in [1.807, 2.05) is 13.8 Å². The van der Waals surface area contributed by atoms with Crippen LogP contribution in [0.5, 0.6) is 0 Å². The van der Waals surface area contributed by atoms with Crippen LogP contribution in [0.25, 0.3) is 0 Å². The standard InChI is InChI=1S/C11H16N2O3/c1-4-16-11(15)9-7-13(12-8(2)3)6-5-10(9)14/h5-8,12H,4H2,1-3H3. The molecule has 0 fully saturated rings. The zero-order valence-corrected chi connectivity index (χ0v) is 9.69. The van der Waals surface area contributed by atoms with Gasteiger partial charge >= 0.3 is 5.97 Å². The van der Waals surface area contributed by atoms with E-state index < -0.39 is 5.97 Å². The second kappa shape index (κ2) is 5.34. The van der Waals surface area contributed by atoms with Gasteiger partial charge in [0.2, 0.25) is 0 Å². The maximum atomic E-state index is 11.4. The average Bonchev–Trinajstić information content (AvgIpc) is 2.20. The van der Waals surface area contributed by atoms with Gasteiger partial charge in [0.1, 0.15) is 5.56 Å². The van der Waals surface area contributed by atoms with Gasteiger partial charge in [-0.3, -0.25) is 9.47 Å². The summed E-state index contributed by atoms with van der Waals surface area (Å²) in [6.07, 6.45) is 3.02. The van der Waals surface area contributed by atoms with Crippen LogP contribution in [0.2, 0.25) is 0 Å². The molecule has 1 heterocycles. The topological polar surface area (TPSA) is 60.3 Å². The van der Waals surface area contributed by atoms with Crippen molar-refractivity contribution < 1.29 is 9.53 Å². The van der Waals surface area contributed by atoms with Crippen LogP contribution in [0, 0.1) is 0 Å². The summed E-state index contributed by atoms with van der Waals surface area (Å²) < 4.78 is 6.37. The van der Waals surface area contributed by atoms with E-state index in [9.17, 15) is 9.59 Å². The summed E-state index contributed by atoms with van der Waals surface area (Å²) in [5.41, 5.74) is 2.75. The summed E-state index contributed by atoms with van der Waals surface area (Å²) >= 11 is 0. The first kappa shape index (κ1) is 12.3. The summed E-state index contributed by atoms with van der Waals surface area (Å²) in [5.74, 6) is -0.590. The SMILES string of the molecule is CCOC(=O)c1cn(NC(C)C)ccc1=O. The fraction of sp³-hybridized carbons (Fsp3) is 0.455. The number of hydrogen-bond donors (Lipinski definition) is 1. The molecule has 0 spiro atoms. The largest absolute Gasteiger partial charge is 0.462 e. The molecule has 0 saturated carbocycles. The van der Waals surface area contributed by atoms with Crippen LogP contribution in [0.3, 0.4) is 0 Å². The zero-order valence-electron chi connectivity index (χ0n) is 9.69. The lowest BCUT2D eigenvalue weighted by molar-refractivity contribution is 0.0524. The molecule has 1 aromatic heterocycles. The summed E-state index contributed by atoms with van der Waals surface area (Å²) in [4.78, 5) is 22.9. The molecule has 88 valence electrons. The highest BCUT2D eigenvalue weighted by Crippen LogP contribution is 1.95. The quantitative estimate of drug-likeness (QED) is 0.774. The number of carbonyl (C=O) groups excluding carboxylic acids is 1.